The number of unbranched alkanes of at least 4 members (excludes halogenated alkanes) is 1. The molecule has 0 saturated carbocycles. The van der Waals surface area contributed by atoms with E-state index in [1.165, 1.54) is 12.8 Å². The maximum atomic E-state index is 9.44. The molecule has 17 heavy (non-hydrogen) atoms. The van der Waals surface area contributed by atoms with E-state index in [2.05, 4.69) is 45.0 Å². The second-order valence-corrected chi connectivity index (χ2v) is 5.68. The van der Waals surface area contributed by atoms with E-state index in [1.807, 2.05) is 0 Å². The molecule has 1 atom stereocenters. The van der Waals surface area contributed by atoms with Crippen molar-refractivity contribution in [2.75, 3.05) is 26.7 Å². The normalized spacial score (nSPS) is 15.5. The molecule has 0 aromatic rings. The number of nitrogens with one attached hydrogen (secondary N) is 1. The van der Waals surface area contributed by atoms with E-state index in [-0.39, 0.29) is 12.1 Å². The van der Waals surface area contributed by atoms with Gasteiger partial charge in [0.15, 0.2) is 0 Å². The molecule has 0 rings (SSSR count). The second kappa shape index (κ2) is 8.90. The monoisotopic (exact) mass is 244 g/mol. The molecule has 0 aromatic heterocycles. The van der Waals surface area contributed by atoms with Crippen molar-refractivity contribution < 1.29 is 5.11 Å². The Morgan fingerprint density at radius 1 is 1.29 bits per heavy atom. The van der Waals surface area contributed by atoms with Gasteiger partial charge in [-0.3, -0.25) is 0 Å². The lowest BCUT2D eigenvalue weighted by Crippen LogP contribution is -2.46. The number of aliphatic hydroxyl groups is 1. The Bertz CT molecular complexity index is 185. The van der Waals surface area contributed by atoms with Gasteiger partial charge in [-0.05, 0) is 60.2 Å². The zero-order chi connectivity index (χ0) is 13.3. The van der Waals surface area contributed by atoms with E-state index < -0.39 is 0 Å². The van der Waals surface area contributed by atoms with Crippen LogP contribution in [0.5, 0.6) is 0 Å². The number of hydrogen-bond donors (Lipinski definition) is 2. The largest absolute Gasteiger partial charge is 0.394 e. The smallest absolute Gasteiger partial charge is 0.0610 e. The summed E-state index contributed by atoms with van der Waals surface area (Å²) in [5.41, 5.74) is -0.0909. The molecule has 0 spiro atoms. The van der Waals surface area contributed by atoms with E-state index in [0.717, 1.165) is 25.9 Å². The Kier molecular flexibility index (Phi) is 8.83. The van der Waals surface area contributed by atoms with Gasteiger partial charge in [0.25, 0.3) is 0 Å². The maximum Gasteiger partial charge on any atom is 0.0610 e. The minimum atomic E-state index is -0.0909. The molecule has 0 radical (unpaired) electrons. The van der Waals surface area contributed by atoms with E-state index in [1.54, 1.807) is 0 Å². The molecule has 3 heteroatoms. The first-order chi connectivity index (χ1) is 7.95. The fourth-order valence-corrected chi connectivity index (χ4v) is 1.78. The molecule has 2 N–H and O–H groups in total. The number of hydrogen-bond acceptors (Lipinski definition) is 3. The van der Waals surface area contributed by atoms with Gasteiger partial charge >= 0.3 is 0 Å². The highest BCUT2D eigenvalue weighted by molar-refractivity contribution is 4.81. The van der Waals surface area contributed by atoms with Gasteiger partial charge in [0.05, 0.1) is 6.61 Å². The molecule has 0 aliphatic carbocycles. The summed E-state index contributed by atoms with van der Waals surface area (Å²) >= 11 is 0. The third-order valence-electron chi connectivity index (χ3n) is 3.52. The van der Waals surface area contributed by atoms with Crippen LogP contribution in [0.1, 0.15) is 53.4 Å². The third kappa shape index (κ3) is 7.74. The van der Waals surface area contributed by atoms with Crippen molar-refractivity contribution >= 4 is 0 Å². The quantitative estimate of drug-likeness (QED) is 0.579. The molecular weight excluding hydrogens is 212 g/mol. The van der Waals surface area contributed by atoms with Crippen LogP contribution >= 0.6 is 0 Å². The van der Waals surface area contributed by atoms with Crippen molar-refractivity contribution in [1.29, 1.82) is 0 Å². The van der Waals surface area contributed by atoms with Crippen LogP contribution in [-0.4, -0.2) is 48.3 Å². The van der Waals surface area contributed by atoms with Gasteiger partial charge in [0.1, 0.15) is 0 Å². The highest BCUT2D eigenvalue weighted by Gasteiger charge is 2.21. The standard InChI is InChI=1S/C14H32N2O/c1-6-10-15-14(4,12-17)9-7-8-11-16(5)13(2)3/h13,15,17H,6-12H2,1-5H3. The Morgan fingerprint density at radius 2 is 1.94 bits per heavy atom. The lowest BCUT2D eigenvalue weighted by Gasteiger charge is -2.29. The average molecular weight is 244 g/mol. The van der Waals surface area contributed by atoms with Crippen LogP contribution in [0.25, 0.3) is 0 Å². The van der Waals surface area contributed by atoms with Gasteiger partial charge in [-0.2, -0.15) is 0 Å². The maximum absolute atomic E-state index is 9.44. The Hall–Kier alpha value is -0.120. The molecule has 0 amide bonds. The van der Waals surface area contributed by atoms with E-state index in [9.17, 15) is 5.11 Å². The topological polar surface area (TPSA) is 35.5 Å². The molecule has 0 bridgehead atoms. The lowest BCUT2D eigenvalue weighted by molar-refractivity contribution is 0.160. The van der Waals surface area contributed by atoms with Gasteiger partial charge in [-0.1, -0.05) is 13.3 Å². The molecular formula is C14H32N2O. The Labute approximate surface area is 108 Å². The number of nitrogens with zero attached hydrogens (tertiary/aromatic N) is 1. The highest BCUT2D eigenvalue weighted by atomic mass is 16.3. The Balaban J connectivity index is 3.76. The van der Waals surface area contributed by atoms with Crippen molar-refractivity contribution in [3.8, 4) is 0 Å². The van der Waals surface area contributed by atoms with Gasteiger partial charge in [-0.15, -0.1) is 0 Å². The Morgan fingerprint density at radius 3 is 2.41 bits per heavy atom. The zero-order valence-corrected chi connectivity index (χ0v) is 12.4. The van der Waals surface area contributed by atoms with Crippen LogP contribution < -0.4 is 5.32 Å². The molecule has 3 nitrogen and oxygen atoms in total. The van der Waals surface area contributed by atoms with Gasteiger partial charge in [0.2, 0.25) is 0 Å². The van der Waals surface area contributed by atoms with Gasteiger partial charge in [0, 0.05) is 11.6 Å². The van der Waals surface area contributed by atoms with Crippen LogP contribution in [0.2, 0.25) is 0 Å². The summed E-state index contributed by atoms with van der Waals surface area (Å²) in [6.07, 6.45) is 4.55. The average Bonchev–Trinajstić information content (AvgIpc) is 2.31. The minimum absolute atomic E-state index is 0.0909. The molecule has 0 heterocycles. The molecule has 0 aromatic carbocycles. The zero-order valence-electron chi connectivity index (χ0n) is 12.4. The fourth-order valence-electron chi connectivity index (χ4n) is 1.78. The highest BCUT2D eigenvalue weighted by Crippen LogP contribution is 2.13. The van der Waals surface area contributed by atoms with Crippen LogP contribution in [0.4, 0.5) is 0 Å². The summed E-state index contributed by atoms with van der Waals surface area (Å²) in [7, 11) is 2.17. The minimum Gasteiger partial charge on any atom is -0.394 e. The van der Waals surface area contributed by atoms with Crippen LogP contribution in [-0.2, 0) is 0 Å². The molecule has 0 aliphatic rings. The molecule has 1 unspecified atom stereocenters. The van der Waals surface area contributed by atoms with Crippen molar-refractivity contribution in [3.05, 3.63) is 0 Å². The van der Waals surface area contributed by atoms with Gasteiger partial charge in [-0.25, -0.2) is 0 Å². The first kappa shape index (κ1) is 16.9. The summed E-state index contributed by atoms with van der Waals surface area (Å²) in [4.78, 5) is 2.37. The number of aliphatic hydroxyl groups excluding tert-OH is 1. The van der Waals surface area contributed by atoms with E-state index in [0.29, 0.717) is 6.04 Å². The van der Waals surface area contributed by atoms with Crippen molar-refractivity contribution in [2.45, 2.75) is 65.0 Å². The predicted molar refractivity (Wildman–Crippen MR) is 75.4 cm³/mol. The first-order valence-corrected chi connectivity index (χ1v) is 7.01. The first-order valence-electron chi connectivity index (χ1n) is 7.01. The van der Waals surface area contributed by atoms with Crippen LogP contribution in [0, 0.1) is 0 Å². The summed E-state index contributed by atoms with van der Waals surface area (Å²) in [6, 6.07) is 0.623. The fraction of sp³-hybridized carbons (Fsp3) is 1.00. The molecule has 104 valence electrons. The van der Waals surface area contributed by atoms with Crippen molar-refractivity contribution in [3.63, 3.8) is 0 Å². The molecule has 0 fully saturated rings. The van der Waals surface area contributed by atoms with Crippen molar-refractivity contribution in [2.24, 2.45) is 0 Å². The van der Waals surface area contributed by atoms with Crippen LogP contribution in [0.15, 0.2) is 0 Å². The summed E-state index contributed by atoms with van der Waals surface area (Å²) in [5.74, 6) is 0. The third-order valence-corrected chi connectivity index (χ3v) is 3.52. The predicted octanol–water partition coefficient (Wildman–Crippen LogP) is 2.25. The van der Waals surface area contributed by atoms with Crippen LogP contribution in [0.3, 0.4) is 0 Å². The van der Waals surface area contributed by atoms with E-state index in [4.69, 9.17) is 0 Å². The van der Waals surface area contributed by atoms with Gasteiger partial charge < -0.3 is 15.3 Å². The molecule has 0 aliphatic heterocycles. The second-order valence-electron chi connectivity index (χ2n) is 5.68. The number of rotatable bonds is 10. The van der Waals surface area contributed by atoms with E-state index >= 15 is 0 Å². The SMILES string of the molecule is CCCNC(C)(CO)CCCCN(C)C(C)C. The summed E-state index contributed by atoms with van der Waals surface area (Å²) in [6.45, 7) is 11.1. The summed E-state index contributed by atoms with van der Waals surface area (Å²) in [5, 5.41) is 12.9. The lowest BCUT2D eigenvalue weighted by atomic mass is 9.95. The summed E-state index contributed by atoms with van der Waals surface area (Å²) < 4.78 is 0. The van der Waals surface area contributed by atoms with Crippen molar-refractivity contribution in [1.82, 2.24) is 10.2 Å². The molecule has 0 saturated heterocycles.